The van der Waals surface area contributed by atoms with Crippen molar-refractivity contribution in [2.45, 2.75) is 46.0 Å². The maximum atomic E-state index is 11.4. The summed E-state index contributed by atoms with van der Waals surface area (Å²) < 4.78 is 5.52. The predicted molar refractivity (Wildman–Crippen MR) is 135 cm³/mol. The zero-order chi connectivity index (χ0) is 24.1. The first-order valence-corrected chi connectivity index (χ1v) is 11.1. The summed E-state index contributed by atoms with van der Waals surface area (Å²) >= 11 is 5.71. The number of benzene rings is 1. The fourth-order valence-corrected chi connectivity index (χ4v) is 3.13. The van der Waals surface area contributed by atoms with Gasteiger partial charge in [0, 0.05) is 18.8 Å². The molecular weight excluding hydrogens is 426 g/mol. The molecule has 0 heterocycles. The van der Waals surface area contributed by atoms with E-state index in [1.54, 1.807) is 19.3 Å². The number of aliphatic imine (C=N–C) groups is 1. The van der Waals surface area contributed by atoms with E-state index in [9.17, 15) is 4.79 Å². The second kappa shape index (κ2) is 14.2. The number of hydrogen-bond donors (Lipinski definition) is 4. The van der Waals surface area contributed by atoms with Crippen LogP contribution in [0.2, 0.25) is 0 Å². The minimum Gasteiger partial charge on any atom is -0.494 e. The Morgan fingerprint density at radius 2 is 2.00 bits per heavy atom. The number of nitrogens with zero attached hydrogens (tertiary/aromatic N) is 1. The van der Waals surface area contributed by atoms with Crippen molar-refractivity contribution in [3.63, 3.8) is 0 Å². The Morgan fingerprint density at radius 3 is 2.47 bits per heavy atom. The smallest absolute Gasteiger partial charge is 0.266 e. The molecule has 0 unspecified atom stereocenters. The lowest BCUT2D eigenvalue weighted by molar-refractivity contribution is -0.114. The van der Waals surface area contributed by atoms with Gasteiger partial charge in [-0.2, -0.15) is 0 Å². The van der Waals surface area contributed by atoms with Crippen molar-refractivity contribution in [1.82, 2.24) is 0 Å². The van der Waals surface area contributed by atoms with Gasteiger partial charge in [-0.05, 0) is 30.6 Å². The Kier molecular flexibility index (Phi) is 12.0. The van der Waals surface area contributed by atoms with Gasteiger partial charge in [-0.1, -0.05) is 68.8 Å². The molecule has 8 heteroatoms. The largest absolute Gasteiger partial charge is 0.494 e. The first kappa shape index (κ1) is 27.1. The van der Waals surface area contributed by atoms with Crippen LogP contribution in [0.15, 0.2) is 51.9 Å². The highest BCUT2D eigenvalue weighted by Gasteiger charge is 2.19. The first-order chi connectivity index (χ1) is 15.3. The lowest BCUT2D eigenvalue weighted by Gasteiger charge is -2.17. The Hall–Kier alpha value is -2.93. The van der Waals surface area contributed by atoms with Crippen LogP contribution in [0.4, 0.5) is 5.69 Å². The third-order valence-corrected chi connectivity index (χ3v) is 4.99. The number of ether oxygens (including phenoxy) is 1. The summed E-state index contributed by atoms with van der Waals surface area (Å²) in [6.07, 6.45) is 12.3. The van der Waals surface area contributed by atoms with Crippen LogP contribution in [-0.4, -0.2) is 26.3 Å². The van der Waals surface area contributed by atoms with Crippen LogP contribution in [0.1, 0.15) is 51.5 Å². The molecule has 0 atom stereocenters. The first-order valence-electron chi connectivity index (χ1n) is 10.7. The van der Waals surface area contributed by atoms with Crippen LogP contribution in [0.25, 0.3) is 5.57 Å². The minimum atomic E-state index is -0.806. The number of nitrogens with two attached hydrogens (primary N) is 3. The highest BCUT2D eigenvalue weighted by Crippen LogP contribution is 2.34. The van der Waals surface area contributed by atoms with Crippen LogP contribution in [0, 0.1) is 5.92 Å². The monoisotopic (exact) mass is 461 g/mol. The van der Waals surface area contributed by atoms with Crippen LogP contribution in [0.5, 0.6) is 5.75 Å². The SMILES string of the molecule is C/C=C(\C=NC)c1cccc(NC(/C=C(\N)Cl)=C(/N)C(N)=O)c1OC.CCCCC1CC1. The van der Waals surface area contributed by atoms with Gasteiger partial charge >= 0.3 is 0 Å². The van der Waals surface area contributed by atoms with Crippen molar-refractivity contribution in [1.29, 1.82) is 0 Å². The second-order valence-corrected chi connectivity index (χ2v) is 7.89. The molecule has 0 bridgehead atoms. The number of carbonyl (C=O) groups is 1. The minimum absolute atomic E-state index is 0.0610. The number of unbranched alkanes of at least 4 members (excludes halogenated alkanes) is 1. The number of carbonyl (C=O) groups excluding carboxylic acids is 1. The summed E-state index contributed by atoms with van der Waals surface area (Å²) in [5, 5.41) is 2.93. The fraction of sp³-hybridized carbons (Fsp3) is 0.417. The summed E-state index contributed by atoms with van der Waals surface area (Å²) in [5.41, 5.74) is 18.6. The Bertz CT molecular complexity index is 882. The molecule has 0 aliphatic heterocycles. The summed E-state index contributed by atoms with van der Waals surface area (Å²) in [6.45, 7) is 4.16. The number of allylic oxidation sites excluding steroid dienone is 3. The molecule has 1 aliphatic rings. The summed E-state index contributed by atoms with van der Waals surface area (Å²) in [6, 6.07) is 5.46. The molecular formula is C24H36ClN5O2. The molecule has 1 aromatic carbocycles. The van der Waals surface area contributed by atoms with Crippen LogP contribution in [-0.2, 0) is 4.79 Å². The number of anilines is 1. The van der Waals surface area contributed by atoms with Gasteiger partial charge in [-0.15, -0.1) is 0 Å². The zero-order valence-corrected chi connectivity index (χ0v) is 20.2. The molecule has 0 radical (unpaired) electrons. The van der Waals surface area contributed by atoms with Gasteiger partial charge in [0.15, 0.2) is 0 Å². The number of nitrogens with one attached hydrogen (secondary N) is 1. The highest BCUT2D eigenvalue weighted by molar-refractivity contribution is 6.29. The molecule has 2 rings (SSSR count). The molecule has 1 saturated carbocycles. The third-order valence-electron chi connectivity index (χ3n) is 4.88. The van der Waals surface area contributed by atoms with Crippen LogP contribution < -0.4 is 27.3 Å². The van der Waals surface area contributed by atoms with Gasteiger partial charge in [0.25, 0.3) is 5.91 Å². The number of methoxy groups -OCH3 is 1. The van der Waals surface area contributed by atoms with Gasteiger partial charge in [0.05, 0.1) is 18.5 Å². The van der Waals surface area contributed by atoms with E-state index in [-0.39, 0.29) is 16.6 Å². The van der Waals surface area contributed by atoms with Crippen LogP contribution in [0.3, 0.4) is 0 Å². The number of halogens is 1. The van der Waals surface area contributed by atoms with E-state index in [1.165, 1.54) is 45.3 Å². The summed E-state index contributed by atoms with van der Waals surface area (Å²) in [4.78, 5) is 15.4. The molecule has 1 aliphatic carbocycles. The van der Waals surface area contributed by atoms with E-state index >= 15 is 0 Å². The molecule has 1 amide bonds. The molecule has 1 fully saturated rings. The Labute approximate surface area is 196 Å². The normalized spacial score (nSPS) is 15.0. The highest BCUT2D eigenvalue weighted by atomic mass is 35.5. The molecule has 32 heavy (non-hydrogen) atoms. The number of para-hydroxylation sites is 1. The van der Waals surface area contributed by atoms with Gasteiger partial charge in [0.2, 0.25) is 0 Å². The van der Waals surface area contributed by atoms with Crippen molar-refractivity contribution in [2.24, 2.45) is 28.1 Å². The maximum Gasteiger partial charge on any atom is 0.266 e. The second-order valence-electron chi connectivity index (χ2n) is 7.45. The summed E-state index contributed by atoms with van der Waals surface area (Å²) in [7, 11) is 3.22. The van der Waals surface area contributed by atoms with E-state index in [0.29, 0.717) is 11.4 Å². The number of amides is 1. The Balaban J connectivity index is 0.000000616. The molecule has 7 nitrogen and oxygen atoms in total. The van der Waals surface area contributed by atoms with Crippen molar-refractivity contribution in [3.8, 4) is 5.75 Å². The average molecular weight is 462 g/mol. The van der Waals surface area contributed by atoms with E-state index in [0.717, 1.165) is 17.1 Å². The van der Waals surface area contributed by atoms with Crippen molar-refractivity contribution < 1.29 is 9.53 Å². The third kappa shape index (κ3) is 9.06. The topological polar surface area (TPSA) is 129 Å². The van der Waals surface area contributed by atoms with E-state index in [1.807, 2.05) is 25.1 Å². The van der Waals surface area contributed by atoms with E-state index in [2.05, 4.69) is 17.2 Å². The van der Waals surface area contributed by atoms with Gasteiger partial charge in [-0.3, -0.25) is 9.79 Å². The van der Waals surface area contributed by atoms with Crippen molar-refractivity contribution >= 4 is 35.0 Å². The molecule has 0 saturated heterocycles. The molecule has 7 N–H and O–H groups in total. The molecule has 0 aromatic heterocycles. The zero-order valence-electron chi connectivity index (χ0n) is 19.5. The van der Waals surface area contributed by atoms with Gasteiger partial charge < -0.3 is 27.3 Å². The quantitative estimate of drug-likeness (QED) is 0.176. The van der Waals surface area contributed by atoms with Crippen molar-refractivity contribution in [3.05, 3.63) is 52.5 Å². The lowest BCUT2D eigenvalue weighted by Crippen LogP contribution is -2.24. The van der Waals surface area contributed by atoms with Gasteiger partial charge in [-0.25, -0.2) is 0 Å². The lowest BCUT2D eigenvalue weighted by atomic mass is 10.0. The Morgan fingerprint density at radius 1 is 1.31 bits per heavy atom. The van der Waals surface area contributed by atoms with E-state index in [4.69, 9.17) is 33.5 Å². The molecule has 0 spiro atoms. The van der Waals surface area contributed by atoms with Crippen LogP contribution >= 0.6 is 11.6 Å². The average Bonchev–Trinajstić information content (AvgIpc) is 3.59. The molecule has 176 valence electrons. The standard InChI is InChI=1S/C17H22ClN5O2.C7H14/c1-4-10(9-22-2)11-6-5-7-12(16(11)25-3)23-13(8-14(18)19)15(20)17(21)24;1-2-3-4-7-5-6-7/h4-9,23H,19-20H2,1-3H3,(H2,21,24);7H,2-6H2,1H3/b10-4+,14-8-,15-13+,22-9?;. The number of rotatable bonds is 10. The van der Waals surface area contributed by atoms with E-state index < -0.39 is 5.91 Å². The summed E-state index contributed by atoms with van der Waals surface area (Å²) in [5.74, 6) is 0.880. The number of primary amides is 1. The number of hydrogen-bond acceptors (Lipinski definition) is 6. The van der Waals surface area contributed by atoms with Crippen molar-refractivity contribution in [2.75, 3.05) is 19.5 Å². The van der Waals surface area contributed by atoms with Gasteiger partial charge in [0.1, 0.15) is 16.6 Å². The predicted octanol–water partition coefficient (Wildman–Crippen LogP) is 4.49. The maximum absolute atomic E-state index is 11.4. The molecule has 1 aromatic rings. The fourth-order valence-electron chi connectivity index (χ4n) is 3.02.